The van der Waals surface area contributed by atoms with Crippen molar-refractivity contribution in [2.24, 2.45) is 0 Å². The van der Waals surface area contributed by atoms with Crippen LogP contribution in [-0.4, -0.2) is 44.6 Å². The van der Waals surface area contributed by atoms with Crippen LogP contribution in [0.4, 0.5) is 0 Å². The number of aliphatic hydroxyl groups excluding tert-OH is 1. The molecular weight excluding hydrogens is 336 g/mol. The topological polar surface area (TPSA) is 62.8 Å². The summed E-state index contributed by atoms with van der Waals surface area (Å²) in [6.07, 6.45) is 0.0816. The Bertz CT molecular complexity index is 428. The number of ether oxygens (including phenoxy) is 2. The third kappa shape index (κ3) is 6.22. The van der Waals surface area contributed by atoms with Gasteiger partial charge in [-0.25, -0.2) is 0 Å². The van der Waals surface area contributed by atoms with E-state index in [1.165, 1.54) is 0 Å². The second-order valence-electron chi connectivity index (χ2n) is 4.87. The van der Waals surface area contributed by atoms with Crippen molar-refractivity contribution < 1.29 is 14.6 Å². The van der Waals surface area contributed by atoms with E-state index in [9.17, 15) is 0 Å². The molecule has 0 spiro atoms. The summed E-state index contributed by atoms with van der Waals surface area (Å²) in [5.74, 6) is 1.51. The summed E-state index contributed by atoms with van der Waals surface area (Å²) in [6.45, 7) is 7.07. The van der Waals surface area contributed by atoms with Crippen molar-refractivity contribution in [2.45, 2.75) is 26.5 Å². The maximum Gasteiger partial charge on any atom is 0.167 e. The molecule has 0 fully saturated rings. The molecule has 120 valence electrons. The largest absolute Gasteiger partial charge is 0.493 e. The van der Waals surface area contributed by atoms with Crippen molar-refractivity contribution in [1.29, 1.82) is 0 Å². The Labute approximate surface area is 135 Å². The summed E-state index contributed by atoms with van der Waals surface area (Å²) in [7, 11) is 1.65. The van der Waals surface area contributed by atoms with Gasteiger partial charge in [0.2, 0.25) is 0 Å². The van der Waals surface area contributed by atoms with Gasteiger partial charge in [0.15, 0.2) is 11.5 Å². The van der Waals surface area contributed by atoms with Gasteiger partial charge in [0.25, 0.3) is 0 Å². The van der Waals surface area contributed by atoms with E-state index in [1.54, 1.807) is 7.11 Å². The molecule has 0 amide bonds. The molecule has 3 N–H and O–H groups in total. The van der Waals surface area contributed by atoms with Crippen molar-refractivity contribution in [3.05, 3.63) is 22.2 Å². The summed E-state index contributed by atoms with van der Waals surface area (Å²) in [5, 5.41) is 15.2. The van der Waals surface area contributed by atoms with Crippen LogP contribution in [0.2, 0.25) is 0 Å². The number of hydrogen-bond acceptors (Lipinski definition) is 5. The number of aliphatic hydroxyl groups is 1. The van der Waals surface area contributed by atoms with Crippen LogP contribution in [0.5, 0.6) is 11.5 Å². The lowest BCUT2D eigenvalue weighted by molar-refractivity contribution is 0.227. The number of rotatable bonds is 10. The second-order valence-corrected chi connectivity index (χ2v) is 5.73. The third-order valence-electron chi connectivity index (χ3n) is 2.81. The highest BCUT2D eigenvalue weighted by molar-refractivity contribution is 9.10. The molecule has 6 heteroatoms. The highest BCUT2D eigenvalue weighted by Crippen LogP contribution is 2.36. The van der Waals surface area contributed by atoms with E-state index in [1.807, 2.05) is 26.0 Å². The Balaban J connectivity index is 2.70. The van der Waals surface area contributed by atoms with Crippen LogP contribution >= 0.6 is 15.9 Å². The van der Waals surface area contributed by atoms with Crippen molar-refractivity contribution in [3.63, 3.8) is 0 Å². The number of nitrogens with one attached hydrogen (secondary N) is 2. The molecule has 0 aliphatic carbocycles. The fourth-order valence-electron chi connectivity index (χ4n) is 1.87. The van der Waals surface area contributed by atoms with Crippen molar-refractivity contribution in [2.75, 3.05) is 33.4 Å². The highest BCUT2D eigenvalue weighted by atomic mass is 79.9. The monoisotopic (exact) mass is 360 g/mol. The maximum absolute atomic E-state index is 8.70. The molecule has 0 aliphatic rings. The minimum atomic E-state index is 0.0816. The van der Waals surface area contributed by atoms with Crippen LogP contribution in [0.25, 0.3) is 0 Å². The van der Waals surface area contributed by atoms with E-state index in [0.717, 1.165) is 34.6 Å². The Hall–Kier alpha value is -0.820. The fraction of sp³-hybridized carbons (Fsp3) is 0.600. The number of methoxy groups -OCH3 is 1. The van der Waals surface area contributed by atoms with Crippen LogP contribution < -0.4 is 20.1 Å². The van der Waals surface area contributed by atoms with E-state index in [4.69, 9.17) is 14.6 Å². The Kier molecular flexibility index (Phi) is 8.68. The summed E-state index contributed by atoms with van der Waals surface area (Å²) in [4.78, 5) is 0. The predicted molar refractivity (Wildman–Crippen MR) is 88.1 cm³/mol. The van der Waals surface area contributed by atoms with Gasteiger partial charge >= 0.3 is 0 Å². The Morgan fingerprint density at radius 1 is 1.19 bits per heavy atom. The van der Waals surface area contributed by atoms with E-state index in [-0.39, 0.29) is 12.7 Å². The molecule has 21 heavy (non-hydrogen) atoms. The molecule has 0 atom stereocenters. The number of halogens is 1. The van der Waals surface area contributed by atoms with Gasteiger partial charge in [-0.1, -0.05) is 15.9 Å². The van der Waals surface area contributed by atoms with Crippen LogP contribution in [0.3, 0.4) is 0 Å². The second kappa shape index (κ2) is 10.00. The molecule has 0 aromatic heterocycles. The smallest absolute Gasteiger partial charge is 0.167 e. The molecule has 1 aromatic rings. The lowest BCUT2D eigenvalue weighted by atomic mass is 10.1. The molecule has 0 saturated heterocycles. The van der Waals surface area contributed by atoms with Crippen molar-refractivity contribution >= 4 is 15.9 Å². The number of hydrogen-bond donors (Lipinski definition) is 3. The molecule has 1 aromatic carbocycles. The molecule has 0 heterocycles. The Morgan fingerprint density at radius 2 is 1.90 bits per heavy atom. The van der Waals surface area contributed by atoms with Gasteiger partial charge < -0.3 is 25.2 Å². The first-order chi connectivity index (χ1) is 10.1. The summed E-state index contributed by atoms with van der Waals surface area (Å²) in [5.41, 5.74) is 1.05. The molecule has 1 rings (SSSR count). The van der Waals surface area contributed by atoms with E-state index in [0.29, 0.717) is 13.1 Å². The first-order valence-corrected chi connectivity index (χ1v) is 7.93. The first-order valence-electron chi connectivity index (χ1n) is 7.14. The van der Waals surface area contributed by atoms with Crippen molar-refractivity contribution in [3.8, 4) is 11.5 Å². The standard InChI is InChI=1S/C15H25BrN2O3/c1-11(2)21-15-12(10-18-7-6-17-8-9-19)13(16)4-5-14(15)20-3/h4-5,11,17-19H,6-10H2,1-3H3. The lowest BCUT2D eigenvalue weighted by Crippen LogP contribution is -2.29. The van der Waals surface area contributed by atoms with Gasteiger partial charge in [-0.15, -0.1) is 0 Å². The average molecular weight is 361 g/mol. The minimum absolute atomic E-state index is 0.0816. The number of benzene rings is 1. The lowest BCUT2D eigenvalue weighted by Gasteiger charge is -2.19. The van der Waals surface area contributed by atoms with Crippen LogP contribution in [0, 0.1) is 0 Å². The van der Waals surface area contributed by atoms with Crippen LogP contribution in [0.1, 0.15) is 19.4 Å². The van der Waals surface area contributed by atoms with Gasteiger partial charge in [-0.3, -0.25) is 0 Å². The van der Waals surface area contributed by atoms with E-state index < -0.39 is 0 Å². The summed E-state index contributed by atoms with van der Waals surface area (Å²) < 4.78 is 12.3. The average Bonchev–Trinajstić information content (AvgIpc) is 2.45. The summed E-state index contributed by atoms with van der Waals surface area (Å²) in [6, 6.07) is 3.86. The highest BCUT2D eigenvalue weighted by Gasteiger charge is 2.15. The van der Waals surface area contributed by atoms with E-state index >= 15 is 0 Å². The zero-order valence-corrected chi connectivity index (χ0v) is 14.5. The van der Waals surface area contributed by atoms with Gasteiger partial charge in [-0.2, -0.15) is 0 Å². The fourth-order valence-corrected chi connectivity index (χ4v) is 2.32. The minimum Gasteiger partial charge on any atom is -0.493 e. The molecule has 0 aliphatic heterocycles. The zero-order valence-electron chi connectivity index (χ0n) is 12.9. The maximum atomic E-state index is 8.70. The molecule has 0 radical (unpaired) electrons. The normalized spacial score (nSPS) is 11.0. The molecule has 0 saturated carbocycles. The van der Waals surface area contributed by atoms with Gasteiger partial charge in [0.05, 0.1) is 19.8 Å². The Morgan fingerprint density at radius 3 is 2.52 bits per heavy atom. The molecule has 5 nitrogen and oxygen atoms in total. The molecule has 0 unspecified atom stereocenters. The zero-order chi connectivity index (χ0) is 15.7. The van der Waals surface area contributed by atoms with Gasteiger partial charge in [-0.05, 0) is 26.0 Å². The SMILES string of the molecule is COc1ccc(Br)c(CNCCNCCO)c1OC(C)C. The predicted octanol–water partition coefficient (Wildman–Crippen LogP) is 1.92. The van der Waals surface area contributed by atoms with Gasteiger partial charge in [0, 0.05) is 36.2 Å². The summed E-state index contributed by atoms with van der Waals surface area (Å²) >= 11 is 3.57. The van der Waals surface area contributed by atoms with Crippen LogP contribution in [-0.2, 0) is 6.54 Å². The van der Waals surface area contributed by atoms with Crippen LogP contribution in [0.15, 0.2) is 16.6 Å². The molecular formula is C15H25BrN2O3. The quantitative estimate of drug-likeness (QED) is 0.556. The first kappa shape index (κ1) is 18.2. The van der Waals surface area contributed by atoms with Gasteiger partial charge in [0.1, 0.15) is 0 Å². The third-order valence-corrected chi connectivity index (χ3v) is 3.55. The van der Waals surface area contributed by atoms with E-state index in [2.05, 4.69) is 26.6 Å². The van der Waals surface area contributed by atoms with Crippen molar-refractivity contribution in [1.82, 2.24) is 10.6 Å². The molecule has 0 bridgehead atoms.